The number of hydrogen-bond acceptors (Lipinski definition) is 2. The van der Waals surface area contributed by atoms with Gasteiger partial charge in [0.15, 0.2) is 5.96 Å². The van der Waals surface area contributed by atoms with Crippen molar-refractivity contribution >= 4 is 27.8 Å². The molecule has 0 unspecified atom stereocenters. The van der Waals surface area contributed by atoms with Crippen molar-refractivity contribution in [3.63, 3.8) is 0 Å². The van der Waals surface area contributed by atoms with Gasteiger partial charge in [0.05, 0.1) is 0 Å². The van der Waals surface area contributed by atoms with Crippen molar-refractivity contribution < 1.29 is 4.79 Å². The first-order chi connectivity index (χ1) is 12.1. The van der Waals surface area contributed by atoms with Crippen molar-refractivity contribution in [3.05, 3.63) is 70.2 Å². The molecule has 0 aliphatic carbocycles. The molecule has 0 heterocycles. The summed E-state index contributed by atoms with van der Waals surface area (Å²) < 4.78 is 0.888. The lowest BCUT2D eigenvalue weighted by atomic mass is 10.1. The predicted molar refractivity (Wildman–Crippen MR) is 106 cm³/mol. The van der Waals surface area contributed by atoms with Gasteiger partial charge in [0.1, 0.15) is 0 Å². The highest BCUT2D eigenvalue weighted by Crippen LogP contribution is 2.11. The molecular weight excluding hydrogens is 380 g/mol. The van der Waals surface area contributed by atoms with E-state index in [1.807, 2.05) is 30.3 Å². The molecule has 132 valence electrons. The van der Waals surface area contributed by atoms with Gasteiger partial charge in [-0.3, -0.25) is 9.79 Å². The van der Waals surface area contributed by atoms with E-state index in [0.29, 0.717) is 24.6 Å². The molecule has 2 aromatic carbocycles. The predicted octanol–water partition coefficient (Wildman–Crippen LogP) is 2.72. The van der Waals surface area contributed by atoms with Gasteiger partial charge in [0.2, 0.25) is 0 Å². The molecule has 0 saturated heterocycles. The maximum absolute atomic E-state index is 12.0. The van der Waals surface area contributed by atoms with E-state index >= 15 is 0 Å². The summed E-state index contributed by atoms with van der Waals surface area (Å²) >= 11 is 3.36. The molecule has 1 amide bonds. The zero-order valence-electron chi connectivity index (χ0n) is 14.0. The molecule has 0 aromatic heterocycles. The molecule has 0 bridgehead atoms. The van der Waals surface area contributed by atoms with Crippen LogP contribution in [0.15, 0.2) is 64.1 Å². The molecule has 0 fully saturated rings. The Kier molecular flexibility index (Phi) is 7.98. The Hall–Kier alpha value is -2.34. The fourth-order valence-electron chi connectivity index (χ4n) is 2.25. The van der Waals surface area contributed by atoms with Gasteiger partial charge in [-0.15, -0.1) is 0 Å². The second-order valence-corrected chi connectivity index (χ2v) is 6.46. The van der Waals surface area contributed by atoms with Gasteiger partial charge in [-0.25, -0.2) is 0 Å². The summed E-state index contributed by atoms with van der Waals surface area (Å²) in [5, 5.41) is 5.97. The van der Waals surface area contributed by atoms with E-state index in [-0.39, 0.29) is 5.91 Å². The zero-order valence-corrected chi connectivity index (χ0v) is 15.6. The summed E-state index contributed by atoms with van der Waals surface area (Å²) in [5.74, 6) is 0.355. The lowest BCUT2D eigenvalue weighted by Crippen LogP contribution is -2.33. The number of benzene rings is 2. The number of nitrogens with zero attached hydrogens (tertiary/aromatic N) is 1. The minimum Gasteiger partial charge on any atom is -0.370 e. The van der Waals surface area contributed by atoms with Crippen molar-refractivity contribution in [1.29, 1.82) is 0 Å². The number of carbonyl (C=O) groups is 1. The topological polar surface area (TPSA) is 79.5 Å². The second kappa shape index (κ2) is 10.5. The van der Waals surface area contributed by atoms with Gasteiger partial charge in [-0.1, -0.05) is 52.3 Å². The third-order valence-electron chi connectivity index (χ3n) is 3.55. The van der Waals surface area contributed by atoms with Crippen LogP contribution in [0.2, 0.25) is 0 Å². The average Bonchev–Trinajstić information content (AvgIpc) is 2.62. The SMILES string of the molecule is NC(=NCCCNC(=O)c1cccc(Br)c1)NCCc1ccccc1. The first kappa shape index (κ1) is 19.0. The highest BCUT2D eigenvalue weighted by atomic mass is 79.9. The molecule has 0 spiro atoms. The van der Waals surface area contributed by atoms with Gasteiger partial charge in [0.25, 0.3) is 5.91 Å². The van der Waals surface area contributed by atoms with Crippen molar-refractivity contribution in [2.75, 3.05) is 19.6 Å². The number of amides is 1. The van der Waals surface area contributed by atoms with Gasteiger partial charge >= 0.3 is 0 Å². The number of rotatable bonds is 8. The van der Waals surface area contributed by atoms with Crippen LogP contribution in [0.25, 0.3) is 0 Å². The molecule has 2 rings (SSSR count). The quantitative estimate of drug-likeness (QED) is 0.360. The van der Waals surface area contributed by atoms with Gasteiger partial charge < -0.3 is 16.4 Å². The minimum atomic E-state index is -0.0840. The van der Waals surface area contributed by atoms with Crippen LogP contribution in [-0.4, -0.2) is 31.5 Å². The lowest BCUT2D eigenvalue weighted by molar-refractivity contribution is 0.0953. The van der Waals surface area contributed by atoms with Gasteiger partial charge in [-0.05, 0) is 36.6 Å². The van der Waals surface area contributed by atoms with Crippen LogP contribution in [-0.2, 0) is 6.42 Å². The number of nitrogens with two attached hydrogens (primary N) is 1. The Bertz CT molecular complexity index is 704. The summed E-state index contributed by atoms with van der Waals surface area (Å²) in [4.78, 5) is 16.2. The third-order valence-corrected chi connectivity index (χ3v) is 4.05. The van der Waals surface area contributed by atoms with E-state index in [1.165, 1.54) is 5.56 Å². The van der Waals surface area contributed by atoms with E-state index in [1.54, 1.807) is 12.1 Å². The molecule has 0 atom stereocenters. The normalized spacial score (nSPS) is 11.2. The van der Waals surface area contributed by atoms with Crippen LogP contribution in [0, 0.1) is 0 Å². The summed E-state index contributed by atoms with van der Waals surface area (Å²) in [6.07, 6.45) is 1.64. The van der Waals surface area contributed by atoms with Crippen LogP contribution in [0.1, 0.15) is 22.3 Å². The number of aliphatic imine (C=N–C) groups is 1. The van der Waals surface area contributed by atoms with E-state index < -0.39 is 0 Å². The second-order valence-electron chi connectivity index (χ2n) is 5.55. The highest BCUT2D eigenvalue weighted by molar-refractivity contribution is 9.10. The number of nitrogens with one attached hydrogen (secondary N) is 2. The van der Waals surface area contributed by atoms with Crippen molar-refractivity contribution in [2.45, 2.75) is 12.8 Å². The first-order valence-electron chi connectivity index (χ1n) is 8.26. The summed E-state index contributed by atoms with van der Waals surface area (Å²) in [6, 6.07) is 17.5. The van der Waals surface area contributed by atoms with Gasteiger partial charge in [-0.2, -0.15) is 0 Å². The molecule has 0 aliphatic heterocycles. The Labute approximate surface area is 156 Å². The summed E-state index contributed by atoms with van der Waals surface area (Å²) in [7, 11) is 0. The van der Waals surface area contributed by atoms with Crippen LogP contribution < -0.4 is 16.4 Å². The number of carbonyl (C=O) groups excluding carboxylic acids is 1. The fraction of sp³-hybridized carbons (Fsp3) is 0.263. The van der Waals surface area contributed by atoms with Crippen LogP contribution in [0.3, 0.4) is 0 Å². The van der Waals surface area contributed by atoms with E-state index in [4.69, 9.17) is 5.73 Å². The van der Waals surface area contributed by atoms with E-state index in [9.17, 15) is 4.79 Å². The number of halogens is 1. The van der Waals surface area contributed by atoms with Crippen molar-refractivity contribution in [3.8, 4) is 0 Å². The van der Waals surface area contributed by atoms with Crippen molar-refractivity contribution in [2.24, 2.45) is 10.7 Å². The molecule has 0 radical (unpaired) electrons. The van der Waals surface area contributed by atoms with Gasteiger partial charge in [0, 0.05) is 29.7 Å². The Balaban J connectivity index is 1.59. The standard InChI is InChI=1S/C19H23BrN4O/c20-17-9-4-8-16(14-17)18(25)22-11-5-12-23-19(21)24-13-10-15-6-2-1-3-7-15/h1-4,6-9,14H,5,10-13H2,(H,22,25)(H3,21,23,24). The van der Waals surface area contributed by atoms with Crippen LogP contribution in [0.5, 0.6) is 0 Å². The molecule has 4 N–H and O–H groups in total. The molecule has 0 saturated carbocycles. The number of guanidine groups is 1. The summed E-state index contributed by atoms with van der Waals surface area (Å²) in [6.45, 7) is 1.88. The zero-order chi connectivity index (χ0) is 17.9. The average molecular weight is 403 g/mol. The van der Waals surface area contributed by atoms with Crippen LogP contribution >= 0.6 is 15.9 Å². The highest BCUT2D eigenvalue weighted by Gasteiger charge is 2.04. The minimum absolute atomic E-state index is 0.0840. The Morgan fingerprint density at radius 3 is 2.60 bits per heavy atom. The lowest BCUT2D eigenvalue weighted by Gasteiger charge is -2.07. The van der Waals surface area contributed by atoms with Crippen LogP contribution in [0.4, 0.5) is 0 Å². The first-order valence-corrected chi connectivity index (χ1v) is 9.06. The maximum atomic E-state index is 12.0. The third kappa shape index (κ3) is 7.39. The molecule has 25 heavy (non-hydrogen) atoms. The monoisotopic (exact) mass is 402 g/mol. The molecule has 5 nitrogen and oxygen atoms in total. The summed E-state index contributed by atoms with van der Waals surface area (Å²) in [5.41, 5.74) is 7.73. The maximum Gasteiger partial charge on any atom is 0.251 e. The molecular formula is C19H23BrN4O. The molecule has 2 aromatic rings. The molecule has 6 heteroatoms. The Morgan fingerprint density at radius 1 is 1.04 bits per heavy atom. The van der Waals surface area contributed by atoms with E-state index in [2.05, 4.69) is 43.7 Å². The fourth-order valence-corrected chi connectivity index (χ4v) is 2.65. The smallest absolute Gasteiger partial charge is 0.251 e. The number of hydrogen-bond donors (Lipinski definition) is 3. The van der Waals surface area contributed by atoms with E-state index in [0.717, 1.165) is 23.9 Å². The largest absolute Gasteiger partial charge is 0.370 e. The Morgan fingerprint density at radius 2 is 1.84 bits per heavy atom. The molecule has 0 aliphatic rings. The van der Waals surface area contributed by atoms with Crippen molar-refractivity contribution in [1.82, 2.24) is 10.6 Å².